The Labute approximate surface area is 93.8 Å². The van der Waals surface area contributed by atoms with Crippen molar-refractivity contribution in [2.75, 3.05) is 0 Å². The van der Waals surface area contributed by atoms with Gasteiger partial charge in [-0.05, 0) is 36.2 Å². The largest absolute Gasteiger partial charge is 0.327 e. The predicted molar refractivity (Wildman–Crippen MR) is 62.3 cm³/mol. The summed E-state index contributed by atoms with van der Waals surface area (Å²) in [5.41, 5.74) is 8.21. The van der Waals surface area contributed by atoms with Crippen LogP contribution in [-0.4, -0.2) is 15.8 Å². The van der Waals surface area contributed by atoms with E-state index in [1.807, 2.05) is 11.6 Å². The predicted octanol–water partition coefficient (Wildman–Crippen LogP) is 2.25. The Kier molecular flexibility index (Phi) is 4.13. The zero-order valence-corrected chi connectivity index (χ0v) is 10.6. The van der Waals surface area contributed by atoms with E-state index in [4.69, 9.17) is 5.73 Å². The maximum atomic E-state index is 5.94. The minimum atomic E-state index is 0.229. The summed E-state index contributed by atoms with van der Waals surface area (Å²) in [5, 5.41) is 4.43. The maximum absolute atomic E-state index is 5.94. The number of aromatic nitrogens is 2. The quantitative estimate of drug-likeness (QED) is 0.902. The summed E-state index contributed by atoms with van der Waals surface area (Å²) in [6, 6.07) is 0.229. The minimum absolute atomic E-state index is 0.229. The highest BCUT2D eigenvalue weighted by Crippen LogP contribution is 2.22. The van der Waals surface area contributed by atoms with Crippen molar-refractivity contribution < 1.29 is 0 Å². The number of hydrogen-bond acceptors (Lipinski definition) is 2. The molecule has 0 aliphatic heterocycles. The Bertz CT molecular complexity index is 307. The van der Waals surface area contributed by atoms with Crippen LogP contribution < -0.4 is 5.73 Å². The van der Waals surface area contributed by atoms with Gasteiger partial charge in [0.25, 0.3) is 0 Å². The summed E-state index contributed by atoms with van der Waals surface area (Å²) >= 11 is 3.56. The zero-order chi connectivity index (χ0) is 10.7. The third-order valence-corrected chi connectivity index (χ3v) is 3.46. The molecule has 1 atom stereocenters. The summed E-state index contributed by atoms with van der Waals surface area (Å²) in [7, 11) is 0. The topological polar surface area (TPSA) is 43.8 Å². The highest BCUT2D eigenvalue weighted by molar-refractivity contribution is 9.10. The van der Waals surface area contributed by atoms with Gasteiger partial charge < -0.3 is 5.73 Å². The Morgan fingerprint density at radius 3 is 2.64 bits per heavy atom. The monoisotopic (exact) mass is 259 g/mol. The lowest BCUT2D eigenvalue weighted by Crippen LogP contribution is -2.23. The first-order valence-electron chi connectivity index (χ1n) is 5.07. The van der Waals surface area contributed by atoms with Crippen LogP contribution in [0.1, 0.15) is 31.7 Å². The van der Waals surface area contributed by atoms with Crippen LogP contribution in [0.2, 0.25) is 0 Å². The summed E-state index contributed by atoms with van der Waals surface area (Å²) < 4.78 is 3.14. The van der Waals surface area contributed by atoms with Crippen molar-refractivity contribution in [3.8, 4) is 0 Å². The van der Waals surface area contributed by atoms with Crippen LogP contribution in [-0.2, 0) is 13.0 Å². The molecule has 3 nitrogen and oxygen atoms in total. The zero-order valence-electron chi connectivity index (χ0n) is 9.05. The number of nitrogens with zero attached hydrogens (tertiary/aromatic N) is 2. The van der Waals surface area contributed by atoms with E-state index in [1.165, 1.54) is 5.69 Å². The van der Waals surface area contributed by atoms with E-state index < -0.39 is 0 Å². The van der Waals surface area contributed by atoms with E-state index in [2.05, 4.69) is 34.9 Å². The van der Waals surface area contributed by atoms with Crippen molar-refractivity contribution in [1.29, 1.82) is 0 Å². The molecule has 1 aromatic heterocycles. The minimum Gasteiger partial charge on any atom is -0.327 e. The van der Waals surface area contributed by atoms with Crippen LogP contribution in [0.5, 0.6) is 0 Å². The molecule has 0 amide bonds. The van der Waals surface area contributed by atoms with Gasteiger partial charge in [0.15, 0.2) is 0 Å². The normalized spacial score (nSPS) is 13.2. The first-order chi connectivity index (χ1) is 6.60. The van der Waals surface area contributed by atoms with Crippen molar-refractivity contribution in [3.05, 3.63) is 15.9 Å². The molecule has 14 heavy (non-hydrogen) atoms. The summed E-state index contributed by atoms with van der Waals surface area (Å²) in [5.74, 6) is 0. The van der Waals surface area contributed by atoms with E-state index in [1.54, 1.807) is 0 Å². The number of aryl methyl sites for hydroxylation is 2. The van der Waals surface area contributed by atoms with Gasteiger partial charge in [0, 0.05) is 19.0 Å². The van der Waals surface area contributed by atoms with E-state index in [-0.39, 0.29) is 6.04 Å². The Hall–Kier alpha value is -0.350. The van der Waals surface area contributed by atoms with Crippen LogP contribution >= 0.6 is 15.9 Å². The lowest BCUT2D eigenvalue weighted by atomic mass is 10.1. The fourth-order valence-electron chi connectivity index (χ4n) is 1.46. The van der Waals surface area contributed by atoms with E-state index in [0.717, 1.165) is 29.6 Å². The lowest BCUT2D eigenvalue weighted by Gasteiger charge is -2.10. The van der Waals surface area contributed by atoms with Gasteiger partial charge in [-0.1, -0.05) is 6.92 Å². The molecule has 4 heteroatoms. The molecule has 1 unspecified atom stereocenters. The second-order valence-corrected chi connectivity index (χ2v) is 4.33. The molecule has 1 rings (SSSR count). The second kappa shape index (κ2) is 4.94. The Balaban J connectivity index is 2.93. The van der Waals surface area contributed by atoms with Crippen LogP contribution in [0, 0.1) is 6.92 Å². The van der Waals surface area contributed by atoms with E-state index >= 15 is 0 Å². The first-order valence-corrected chi connectivity index (χ1v) is 5.86. The fourth-order valence-corrected chi connectivity index (χ4v) is 1.90. The van der Waals surface area contributed by atoms with Crippen molar-refractivity contribution in [1.82, 2.24) is 9.78 Å². The summed E-state index contributed by atoms with van der Waals surface area (Å²) in [4.78, 5) is 0. The molecular formula is C10H18BrN3. The molecule has 80 valence electrons. The third-order valence-electron chi connectivity index (χ3n) is 2.43. The van der Waals surface area contributed by atoms with Gasteiger partial charge in [0.1, 0.15) is 0 Å². The average Bonchev–Trinajstić information content (AvgIpc) is 2.45. The Morgan fingerprint density at radius 1 is 1.50 bits per heavy atom. The van der Waals surface area contributed by atoms with Crippen LogP contribution in [0.25, 0.3) is 0 Å². The molecule has 0 fully saturated rings. The smallest absolute Gasteiger partial charge is 0.0738 e. The van der Waals surface area contributed by atoms with Gasteiger partial charge in [-0.25, -0.2) is 0 Å². The molecule has 0 aliphatic carbocycles. The lowest BCUT2D eigenvalue weighted by molar-refractivity contribution is 0.567. The van der Waals surface area contributed by atoms with Gasteiger partial charge >= 0.3 is 0 Å². The SMILES string of the molecule is CCC(N)Cc1c(Br)c(C)nn1CC. The van der Waals surface area contributed by atoms with Crippen molar-refractivity contribution in [2.24, 2.45) is 5.73 Å². The van der Waals surface area contributed by atoms with Gasteiger partial charge in [-0.2, -0.15) is 5.10 Å². The Morgan fingerprint density at radius 2 is 2.14 bits per heavy atom. The van der Waals surface area contributed by atoms with Crippen LogP contribution in [0.15, 0.2) is 4.47 Å². The molecule has 0 spiro atoms. The van der Waals surface area contributed by atoms with Gasteiger partial charge in [0.05, 0.1) is 15.9 Å². The maximum Gasteiger partial charge on any atom is 0.0738 e. The number of nitrogens with two attached hydrogens (primary N) is 1. The van der Waals surface area contributed by atoms with Crippen molar-refractivity contribution in [3.63, 3.8) is 0 Å². The van der Waals surface area contributed by atoms with E-state index in [0.29, 0.717) is 0 Å². The number of hydrogen-bond donors (Lipinski definition) is 1. The summed E-state index contributed by atoms with van der Waals surface area (Å²) in [6.45, 7) is 7.12. The number of rotatable bonds is 4. The molecule has 0 bridgehead atoms. The van der Waals surface area contributed by atoms with Gasteiger partial charge in [0.2, 0.25) is 0 Å². The van der Waals surface area contributed by atoms with Crippen molar-refractivity contribution >= 4 is 15.9 Å². The molecule has 0 saturated heterocycles. The molecule has 1 aromatic rings. The van der Waals surface area contributed by atoms with Crippen molar-refractivity contribution in [2.45, 2.75) is 46.2 Å². The number of halogens is 1. The molecule has 0 aromatic carbocycles. The van der Waals surface area contributed by atoms with E-state index in [9.17, 15) is 0 Å². The molecular weight excluding hydrogens is 242 g/mol. The van der Waals surface area contributed by atoms with Gasteiger partial charge in [-0.15, -0.1) is 0 Å². The molecule has 1 heterocycles. The summed E-state index contributed by atoms with van der Waals surface area (Å²) in [6.07, 6.45) is 1.89. The highest BCUT2D eigenvalue weighted by atomic mass is 79.9. The third kappa shape index (κ3) is 2.36. The van der Waals surface area contributed by atoms with Gasteiger partial charge in [-0.3, -0.25) is 4.68 Å². The second-order valence-electron chi connectivity index (χ2n) is 3.53. The first kappa shape index (κ1) is 11.7. The molecule has 2 N–H and O–H groups in total. The van der Waals surface area contributed by atoms with Crippen LogP contribution in [0.4, 0.5) is 0 Å². The molecule has 0 saturated carbocycles. The van der Waals surface area contributed by atoms with Crippen LogP contribution in [0.3, 0.4) is 0 Å². The molecule has 0 aliphatic rings. The fraction of sp³-hybridized carbons (Fsp3) is 0.700. The average molecular weight is 260 g/mol. The highest BCUT2D eigenvalue weighted by Gasteiger charge is 2.13. The standard InChI is InChI=1S/C10H18BrN3/c1-4-8(12)6-9-10(11)7(3)13-14(9)5-2/h8H,4-6,12H2,1-3H3. The molecule has 0 radical (unpaired) electrons.